The van der Waals surface area contributed by atoms with E-state index in [1.54, 1.807) is 6.92 Å². The van der Waals surface area contributed by atoms with Crippen LogP contribution in [-0.4, -0.2) is 22.1 Å². The Balaban J connectivity index is 2.35. The van der Waals surface area contributed by atoms with Crippen LogP contribution < -0.4 is 5.32 Å². The fraction of sp³-hybridized carbons (Fsp3) is 0.0833. The van der Waals surface area contributed by atoms with Crippen molar-refractivity contribution in [3.8, 4) is 0 Å². The average Bonchev–Trinajstić information content (AvgIpc) is 2.80. The van der Waals surface area contributed by atoms with Crippen LogP contribution in [0.25, 0.3) is 0 Å². The number of carboxylic acids is 1. The molecule has 1 aromatic carbocycles. The Morgan fingerprint density at radius 2 is 1.90 bits per heavy atom. The zero-order valence-electron chi connectivity index (χ0n) is 10.1. The first kappa shape index (κ1) is 13.7. The normalized spacial score (nSPS) is 10.3. The molecule has 0 radical (unpaired) electrons. The van der Waals surface area contributed by atoms with Gasteiger partial charge in [-0.25, -0.2) is 13.6 Å². The minimum absolute atomic E-state index is 0.177. The Labute approximate surface area is 111 Å². The van der Waals surface area contributed by atoms with Crippen LogP contribution in [0.3, 0.4) is 0 Å². The molecule has 6 nitrogen and oxygen atoms in total. The summed E-state index contributed by atoms with van der Waals surface area (Å²) in [6, 6.07) is 2.38. The number of carbonyl (C=O) groups excluding carboxylic acids is 1. The van der Waals surface area contributed by atoms with E-state index in [9.17, 15) is 18.4 Å². The summed E-state index contributed by atoms with van der Waals surface area (Å²) in [7, 11) is 0. The van der Waals surface area contributed by atoms with Gasteiger partial charge < -0.3 is 14.9 Å². The third-order valence-corrected chi connectivity index (χ3v) is 2.39. The monoisotopic (exact) mass is 282 g/mol. The van der Waals surface area contributed by atoms with Crippen LogP contribution in [0.2, 0.25) is 0 Å². The minimum atomic E-state index is -1.51. The lowest BCUT2D eigenvalue weighted by molar-refractivity contribution is 0.0697. The van der Waals surface area contributed by atoms with Gasteiger partial charge in [-0.3, -0.25) is 4.79 Å². The number of hydrogen-bond acceptors (Lipinski definition) is 4. The summed E-state index contributed by atoms with van der Waals surface area (Å²) in [6.07, 6.45) is 0. The first-order chi connectivity index (χ1) is 9.38. The molecule has 0 saturated carbocycles. The average molecular weight is 282 g/mol. The maximum atomic E-state index is 13.1. The number of aromatic carboxylic acids is 1. The molecule has 0 bridgehead atoms. The number of carbonyl (C=O) groups is 2. The highest BCUT2D eigenvalue weighted by atomic mass is 19.2. The summed E-state index contributed by atoms with van der Waals surface area (Å²) in [4.78, 5) is 22.7. The molecule has 20 heavy (non-hydrogen) atoms. The van der Waals surface area contributed by atoms with Crippen LogP contribution >= 0.6 is 0 Å². The second kappa shape index (κ2) is 5.08. The predicted molar refractivity (Wildman–Crippen MR) is 62.5 cm³/mol. The number of rotatable bonds is 3. The molecule has 1 heterocycles. The van der Waals surface area contributed by atoms with Crippen LogP contribution in [0, 0.1) is 18.6 Å². The number of nitrogens with one attached hydrogen (secondary N) is 1. The van der Waals surface area contributed by atoms with E-state index in [-0.39, 0.29) is 11.4 Å². The van der Waals surface area contributed by atoms with Crippen molar-refractivity contribution < 1.29 is 28.0 Å². The zero-order chi connectivity index (χ0) is 14.9. The molecule has 1 amide bonds. The van der Waals surface area contributed by atoms with Gasteiger partial charge in [0.2, 0.25) is 5.76 Å². The second-order valence-electron chi connectivity index (χ2n) is 3.90. The van der Waals surface area contributed by atoms with E-state index in [0.717, 1.165) is 0 Å². The molecule has 0 fully saturated rings. The van der Waals surface area contributed by atoms with Gasteiger partial charge in [-0.1, -0.05) is 5.16 Å². The van der Waals surface area contributed by atoms with Crippen molar-refractivity contribution in [1.29, 1.82) is 0 Å². The molecule has 0 aliphatic heterocycles. The molecular formula is C12H8F2N2O4. The SMILES string of the molecule is Cc1cc(C(=O)Nc2cc(F)c(F)cc2C(=O)O)on1. The number of halogens is 2. The molecule has 0 saturated heterocycles. The third kappa shape index (κ3) is 2.63. The maximum Gasteiger partial charge on any atom is 0.337 e. The second-order valence-corrected chi connectivity index (χ2v) is 3.90. The van der Waals surface area contributed by atoms with Crippen molar-refractivity contribution >= 4 is 17.6 Å². The standard InChI is InChI=1S/C12H8F2N2O4/c1-5-2-10(20-16-5)11(17)15-9-4-8(14)7(13)3-6(9)12(18)19/h2-4H,1H3,(H,15,17)(H,18,19). The minimum Gasteiger partial charge on any atom is -0.478 e. The van der Waals surface area contributed by atoms with E-state index >= 15 is 0 Å². The van der Waals surface area contributed by atoms with Crippen molar-refractivity contribution in [2.75, 3.05) is 5.32 Å². The molecule has 0 aliphatic carbocycles. The predicted octanol–water partition coefficient (Wildman–Crippen LogP) is 2.21. The third-order valence-electron chi connectivity index (χ3n) is 2.39. The molecule has 8 heteroatoms. The fourth-order valence-corrected chi connectivity index (χ4v) is 1.48. The van der Waals surface area contributed by atoms with Crippen molar-refractivity contribution in [2.24, 2.45) is 0 Å². The first-order valence-electron chi connectivity index (χ1n) is 5.35. The lowest BCUT2D eigenvalue weighted by atomic mass is 10.1. The van der Waals surface area contributed by atoms with E-state index in [0.29, 0.717) is 17.8 Å². The van der Waals surface area contributed by atoms with Gasteiger partial charge >= 0.3 is 5.97 Å². The number of aromatic nitrogens is 1. The number of hydrogen-bond donors (Lipinski definition) is 2. The Hall–Kier alpha value is -2.77. The molecule has 0 aliphatic rings. The van der Waals surface area contributed by atoms with Crippen LogP contribution in [0.5, 0.6) is 0 Å². The number of anilines is 1. The van der Waals surface area contributed by atoms with Gasteiger partial charge in [-0.05, 0) is 13.0 Å². The Morgan fingerprint density at radius 3 is 2.45 bits per heavy atom. The highest BCUT2D eigenvalue weighted by Gasteiger charge is 2.19. The summed E-state index contributed by atoms with van der Waals surface area (Å²) in [5, 5.41) is 14.5. The first-order valence-corrected chi connectivity index (χ1v) is 5.35. The van der Waals surface area contributed by atoms with Gasteiger partial charge in [-0.15, -0.1) is 0 Å². The molecule has 104 valence electrons. The van der Waals surface area contributed by atoms with Gasteiger partial charge in [0, 0.05) is 12.1 Å². The van der Waals surface area contributed by atoms with E-state index < -0.39 is 29.1 Å². The molecule has 1 aromatic heterocycles. The Morgan fingerprint density at radius 1 is 1.25 bits per heavy atom. The summed E-state index contributed by atoms with van der Waals surface area (Å²) >= 11 is 0. The molecular weight excluding hydrogens is 274 g/mol. The van der Waals surface area contributed by atoms with E-state index in [2.05, 4.69) is 15.0 Å². The maximum absolute atomic E-state index is 13.1. The molecule has 0 spiro atoms. The highest BCUT2D eigenvalue weighted by molar-refractivity contribution is 6.06. The highest BCUT2D eigenvalue weighted by Crippen LogP contribution is 2.21. The quantitative estimate of drug-likeness (QED) is 0.900. The summed E-state index contributed by atoms with van der Waals surface area (Å²) in [6.45, 7) is 1.58. The van der Waals surface area contributed by atoms with Crippen LogP contribution in [0.1, 0.15) is 26.6 Å². The smallest absolute Gasteiger partial charge is 0.337 e. The van der Waals surface area contributed by atoms with Gasteiger partial charge in [0.1, 0.15) is 0 Å². The van der Waals surface area contributed by atoms with Gasteiger partial charge in [0.15, 0.2) is 11.6 Å². The van der Waals surface area contributed by atoms with Crippen LogP contribution in [0.15, 0.2) is 22.7 Å². The van der Waals surface area contributed by atoms with E-state index in [1.807, 2.05) is 0 Å². The molecule has 2 N–H and O–H groups in total. The van der Waals surface area contributed by atoms with E-state index in [1.165, 1.54) is 6.07 Å². The lowest BCUT2D eigenvalue weighted by Gasteiger charge is -2.07. The van der Waals surface area contributed by atoms with Crippen LogP contribution in [0.4, 0.5) is 14.5 Å². The molecule has 0 atom stereocenters. The van der Waals surface area contributed by atoms with Crippen molar-refractivity contribution in [3.05, 3.63) is 46.9 Å². The Bertz CT molecular complexity index is 697. The van der Waals surface area contributed by atoms with Crippen molar-refractivity contribution in [2.45, 2.75) is 6.92 Å². The number of amides is 1. The lowest BCUT2D eigenvalue weighted by Crippen LogP contribution is -2.15. The zero-order valence-corrected chi connectivity index (χ0v) is 10.1. The van der Waals surface area contributed by atoms with Crippen LogP contribution in [-0.2, 0) is 0 Å². The summed E-state index contributed by atoms with van der Waals surface area (Å²) in [5.41, 5.74) is -0.511. The molecule has 2 rings (SSSR count). The number of aryl methyl sites for hydroxylation is 1. The Kier molecular flexibility index (Phi) is 3.47. The summed E-state index contributed by atoms with van der Waals surface area (Å²) in [5.74, 6) is -5.11. The molecule has 2 aromatic rings. The van der Waals surface area contributed by atoms with Gasteiger partial charge in [0.05, 0.1) is 16.9 Å². The number of carboxylic acid groups (broad SMARTS) is 1. The fourth-order valence-electron chi connectivity index (χ4n) is 1.48. The van der Waals surface area contributed by atoms with Crippen molar-refractivity contribution in [3.63, 3.8) is 0 Å². The van der Waals surface area contributed by atoms with Gasteiger partial charge in [-0.2, -0.15) is 0 Å². The largest absolute Gasteiger partial charge is 0.478 e. The van der Waals surface area contributed by atoms with E-state index in [4.69, 9.17) is 5.11 Å². The van der Waals surface area contributed by atoms with Crippen molar-refractivity contribution in [1.82, 2.24) is 5.16 Å². The number of benzene rings is 1. The van der Waals surface area contributed by atoms with Gasteiger partial charge in [0.25, 0.3) is 5.91 Å². The molecule has 0 unspecified atom stereocenters. The topological polar surface area (TPSA) is 92.4 Å². The number of nitrogens with zero attached hydrogens (tertiary/aromatic N) is 1. The summed E-state index contributed by atoms with van der Waals surface area (Å²) < 4.78 is 30.8.